The van der Waals surface area contributed by atoms with Crippen LogP contribution in [0.3, 0.4) is 0 Å². The smallest absolute Gasteiger partial charge is 0.264 e. The molecule has 0 aliphatic carbocycles. The van der Waals surface area contributed by atoms with Gasteiger partial charge in [0.25, 0.3) is 5.91 Å². The highest BCUT2D eigenvalue weighted by atomic mass is 32.2. The molecule has 174 valence electrons. The molecule has 2 aromatic carbocycles. The van der Waals surface area contributed by atoms with Crippen LogP contribution in [0.2, 0.25) is 0 Å². The van der Waals surface area contributed by atoms with Crippen LogP contribution in [0.4, 0.5) is 5.00 Å². The number of carbonyl (C=O) groups is 1. The number of morpholine rings is 1. The van der Waals surface area contributed by atoms with Crippen LogP contribution in [0.15, 0.2) is 65.6 Å². The number of sulfonamides is 1. The molecule has 33 heavy (non-hydrogen) atoms. The largest absolute Gasteiger partial charge is 0.378 e. The molecule has 0 bridgehead atoms. The predicted octanol–water partition coefficient (Wildman–Crippen LogP) is 3.73. The number of nitrogens with two attached hydrogens (primary N) is 1. The summed E-state index contributed by atoms with van der Waals surface area (Å²) in [6, 6.07) is 18.1. The van der Waals surface area contributed by atoms with Crippen molar-refractivity contribution in [2.24, 2.45) is 5.14 Å². The molecule has 2 N–H and O–H groups in total. The van der Waals surface area contributed by atoms with Gasteiger partial charge in [0, 0.05) is 25.7 Å². The monoisotopic (exact) mass is 485 g/mol. The first-order chi connectivity index (χ1) is 15.8. The van der Waals surface area contributed by atoms with E-state index in [0.717, 1.165) is 29.2 Å². The molecule has 1 fully saturated rings. The van der Waals surface area contributed by atoms with Gasteiger partial charge < -0.3 is 14.5 Å². The third kappa shape index (κ3) is 5.11. The number of hydrogen-bond acceptors (Lipinski definition) is 6. The van der Waals surface area contributed by atoms with E-state index in [1.54, 1.807) is 24.1 Å². The number of primary sulfonamides is 1. The van der Waals surface area contributed by atoms with Gasteiger partial charge in [0.2, 0.25) is 10.0 Å². The molecule has 1 atom stereocenters. The van der Waals surface area contributed by atoms with E-state index in [4.69, 9.17) is 9.88 Å². The Kier molecular flexibility index (Phi) is 6.85. The lowest BCUT2D eigenvalue weighted by Crippen LogP contribution is -2.35. The topological polar surface area (TPSA) is 92.9 Å². The quantitative estimate of drug-likeness (QED) is 0.574. The summed E-state index contributed by atoms with van der Waals surface area (Å²) in [4.78, 5) is 18.0. The molecule has 4 rings (SSSR count). The fourth-order valence-electron chi connectivity index (χ4n) is 3.84. The minimum atomic E-state index is -3.82. The number of benzene rings is 2. The Hall–Kier alpha value is -2.72. The van der Waals surface area contributed by atoms with Gasteiger partial charge in [0.05, 0.1) is 34.0 Å². The number of thiophene rings is 1. The molecule has 0 radical (unpaired) electrons. The SMILES string of the molecule is CC(c1cccc(S(N)(=O)=O)c1)N(C)C(=O)c1cc(-c2ccccc2)c(N2CCOCC2)s1. The fourth-order valence-corrected chi connectivity index (χ4v) is 5.62. The lowest BCUT2D eigenvalue weighted by molar-refractivity contribution is 0.0747. The number of nitrogens with zero attached hydrogens (tertiary/aromatic N) is 2. The molecule has 9 heteroatoms. The van der Waals surface area contributed by atoms with Crippen molar-refractivity contribution < 1.29 is 17.9 Å². The Morgan fingerprint density at radius 1 is 1.09 bits per heavy atom. The highest BCUT2D eigenvalue weighted by Crippen LogP contribution is 2.40. The van der Waals surface area contributed by atoms with Crippen LogP contribution < -0.4 is 10.0 Å². The van der Waals surface area contributed by atoms with Crippen molar-refractivity contribution in [2.75, 3.05) is 38.3 Å². The maximum Gasteiger partial charge on any atom is 0.264 e. The molecule has 0 saturated carbocycles. The highest BCUT2D eigenvalue weighted by molar-refractivity contribution is 7.89. The average Bonchev–Trinajstić information content (AvgIpc) is 3.29. The summed E-state index contributed by atoms with van der Waals surface area (Å²) in [7, 11) is -2.09. The number of ether oxygens (including phenoxy) is 1. The fraction of sp³-hybridized carbons (Fsp3) is 0.292. The Morgan fingerprint density at radius 2 is 1.79 bits per heavy atom. The first-order valence-corrected chi connectivity index (χ1v) is 13.0. The Labute approximate surface area is 198 Å². The van der Waals surface area contributed by atoms with E-state index in [0.29, 0.717) is 23.7 Å². The van der Waals surface area contributed by atoms with Crippen LogP contribution in [0.25, 0.3) is 11.1 Å². The van der Waals surface area contributed by atoms with Crippen molar-refractivity contribution in [3.63, 3.8) is 0 Å². The zero-order valence-corrected chi connectivity index (χ0v) is 20.2. The van der Waals surface area contributed by atoms with Gasteiger partial charge in [-0.05, 0) is 36.2 Å². The van der Waals surface area contributed by atoms with Gasteiger partial charge in [-0.1, -0.05) is 42.5 Å². The lowest BCUT2D eigenvalue weighted by Gasteiger charge is -2.28. The van der Waals surface area contributed by atoms with Crippen molar-refractivity contribution in [3.8, 4) is 11.1 Å². The maximum atomic E-state index is 13.5. The number of amides is 1. The van der Waals surface area contributed by atoms with E-state index in [1.807, 2.05) is 43.3 Å². The third-order valence-electron chi connectivity index (χ3n) is 5.88. The second-order valence-corrected chi connectivity index (χ2v) is 10.6. The second kappa shape index (κ2) is 9.64. The van der Waals surface area contributed by atoms with Gasteiger partial charge in [-0.3, -0.25) is 4.79 Å². The van der Waals surface area contributed by atoms with Gasteiger partial charge in [-0.15, -0.1) is 11.3 Å². The normalized spacial score (nSPS) is 15.3. The van der Waals surface area contributed by atoms with Crippen LogP contribution in [0.5, 0.6) is 0 Å². The summed E-state index contributed by atoms with van der Waals surface area (Å²) in [5.74, 6) is -0.120. The van der Waals surface area contributed by atoms with Gasteiger partial charge in [0.15, 0.2) is 0 Å². The van der Waals surface area contributed by atoms with E-state index in [9.17, 15) is 13.2 Å². The van der Waals surface area contributed by atoms with Crippen molar-refractivity contribution in [3.05, 3.63) is 71.1 Å². The molecule has 2 heterocycles. The molecule has 1 aliphatic heterocycles. The Balaban J connectivity index is 1.65. The van der Waals surface area contributed by atoms with Gasteiger partial charge in [0.1, 0.15) is 0 Å². The van der Waals surface area contributed by atoms with E-state index in [1.165, 1.54) is 23.5 Å². The lowest BCUT2D eigenvalue weighted by atomic mass is 10.1. The zero-order valence-electron chi connectivity index (χ0n) is 18.6. The standard InChI is InChI=1S/C24H27N3O4S2/c1-17(19-9-6-10-20(15-19)33(25,29)30)26(2)23(28)22-16-21(18-7-4-3-5-8-18)24(32-22)27-11-13-31-14-12-27/h3-10,15-17H,11-14H2,1-2H3,(H2,25,29,30). The predicted molar refractivity (Wildman–Crippen MR) is 131 cm³/mol. The van der Waals surface area contributed by atoms with Crippen molar-refractivity contribution >= 4 is 32.3 Å². The van der Waals surface area contributed by atoms with Gasteiger partial charge in [-0.2, -0.15) is 0 Å². The highest BCUT2D eigenvalue weighted by Gasteiger charge is 2.26. The minimum absolute atomic E-state index is 0.0322. The number of carbonyl (C=O) groups excluding carboxylic acids is 1. The number of hydrogen-bond donors (Lipinski definition) is 1. The van der Waals surface area contributed by atoms with Crippen LogP contribution in [-0.4, -0.2) is 52.6 Å². The summed E-state index contributed by atoms with van der Waals surface area (Å²) in [5, 5.41) is 6.34. The summed E-state index contributed by atoms with van der Waals surface area (Å²) in [6.07, 6.45) is 0. The summed E-state index contributed by atoms with van der Waals surface area (Å²) >= 11 is 1.48. The van der Waals surface area contributed by atoms with Crippen LogP contribution in [-0.2, 0) is 14.8 Å². The molecule has 0 spiro atoms. The van der Waals surface area contributed by atoms with Crippen molar-refractivity contribution in [1.29, 1.82) is 0 Å². The second-order valence-electron chi connectivity index (χ2n) is 8.00. The molecule has 1 unspecified atom stereocenters. The Morgan fingerprint density at radius 3 is 2.45 bits per heavy atom. The minimum Gasteiger partial charge on any atom is -0.378 e. The van der Waals surface area contributed by atoms with Gasteiger partial charge >= 0.3 is 0 Å². The summed E-state index contributed by atoms with van der Waals surface area (Å²) < 4.78 is 29.0. The molecular weight excluding hydrogens is 458 g/mol. The zero-order chi connectivity index (χ0) is 23.6. The number of anilines is 1. The Bertz CT molecular complexity index is 1240. The number of rotatable bonds is 6. The summed E-state index contributed by atoms with van der Waals surface area (Å²) in [6.45, 7) is 4.75. The molecule has 1 amide bonds. The van der Waals surface area contributed by atoms with Crippen LogP contribution in [0, 0.1) is 0 Å². The van der Waals surface area contributed by atoms with E-state index >= 15 is 0 Å². The first-order valence-electron chi connectivity index (χ1n) is 10.7. The summed E-state index contributed by atoms with van der Waals surface area (Å²) in [5.41, 5.74) is 2.79. The van der Waals surface area contributed by atoms with Crippen molar-refractivity contribution in [2.45, 2.75) is 17.9 Å². The average molecular weight is 486 g/mol. The molecule has 1 saturated heterocycles. The molecular formula is C24H27N3O4S2. The van der Waals surface area contributed by atoms with Crippen molar-refractivity contribution in [1.82, 2.24) is 4.90 Å². The van der Waals surface area contributed by atoms with Crippen LogP contribution in [0.1, 0.15) is 28.2 Å². The molecule has 1 aliphatic rings. The molecule has 1 aromatic heterocycles. The molecule has 7 nitrogen and oxygen atoms in total. The molecule has 3 aromatic rings. The van der Waals surface area contributed by atoms with Gasteiger partial charge in [-0.25, -0.2) is 13.6 Å². The van der Waals surface area contributed by atoms with E-state index < -0.39 is 10.0 Å². The van der Waals surface area contributed by atoms with E-state index in [-0.39, 0.29) is 16.8 Å². The maximum absolute atomic E-state index is 13.5. The van der Waals surface area contributed by atoms with Crippen LogP contribution >= 0.6 is 11.3 Å². The first kappa shape index (κ1) is 23.4. The third-order valence-corrected chi connectivity index (χ3v) is 7.97. The van der Waals surface area contributed by atoms with E-state index in [2.05, 4.69) is 4.90 Å².